The fourth-order valence-electron chi connectivity index (χ4n) is 4.63. The largest absolute Gasteiger partial charge is 0.443 e. The summed E-state index contributed by atoms with van der Waals surface area (Å²) in [6.45, 7) is 2.88. The highest BCUT2D eigenvalue weighted by Gasteiger charge is 2.40. The molecule has 1 amide bonds. The van der Waals surface area contributed by atoms with E-state index in [0.717, 1.165) is 47.3 Å². The molecule has 170 valence electrons. The molecule has 0 unspecified atom stereocenters. The lowest BCUT2D eigenvalue weighted by atomic mass is 9.75. The second-order valence-corrected chi connectivity index (χ2v) is 9.17. The molecule has 0 spiro atoms. The van der Waals surface area contributed by atoms with Crippen molar-refractivity contribution in [3.63, 3.8) is 0 Å². The van der Waals surface area contributed by atoms with E-state index in [-0.39, 0.29) is 6.09 Å². The lowest BCUT2D eigenvalue weighted by Crippen LogP contribution is -2.44. The van der Waals surface area contributed by atoms with Gasteiger partial charge in [-0.1, -0.05) is 30.3 Å². The summed E-state index contributed by atoms with van der Waals surface area (Å²) in [6, 6.07) is 10.2. The maximum absolute atomic E-state index is 12.5. The van der Waals surface area contributed by atoms with Crippen molar-refractivity contribution in [3.05, 3.63) is 64.4 Å². The third kappa shape index (κ3) is 4.96. The Morgan fingerprint density at radius 1 is 1.28 bits per heavy atom. The third-order valence-corrected chi connectivity index (χ3v) is 6.79. The van der Waals surface area contributed by atoms with Gasteiger partial charge in [-0.05, 0) is 54.1 Å². The van der Waals surface area contributed by atoms with Gasteiger partial charge in [0.05, 0.1) is 12.3 Å². The van der Waals surface area contributed by atoms with E-state index in [2.05, 4.69) is 42.8 Å². The van der Waals surface area contributed by atoms with Crippen LogP contribution in [0, 0.1) is 6.92 Å². The normalized spacial score (nSPS) is 20.9. The van der Waals surface area contributed by atoms with E-state index >= 15 is 0 Å². The summed E-state index contributed by atoms with van der Waals surface area (Å²) in [7, 11) is 1.61. The molecular weight excluding hydrogens is 472 g/mol. The highest BCUT2D eigenvalue weighted by atomic mass is 79.9. The lowest BCUT2D eigenvalue weighted by Gasteiger charge is -2.39. The van der Waals surface area contributed by atoms with Crippen LogP contribution in [-0.4, -0.2) is 46.3 Å². The minimum Gasteiger partial charge on any atom is -0.443 e. The van der Waals surface area contributed by atoms with Gasteiger partial charge in [-0.25, -0.2) is 9.78 Å². The molecule has 1 N–H and O–H groups in total. The smallest absolute Gasteiger partial charge is 0.407 e. The van der Waals surface area contributed by atoms with E-state index in [1.165, 1.54) is 5.56 Å². The highest BCUT2D eigenvalue weighted by molar-refractivity contribution is 9.10. The molecule has 0 aliphatic heterocycles. The number of methoxy groups -OCH3 is 1. The third-order valence-electron chi connectivity index (χ3n) is 6.24. The molecule has 2 heterocycles. The summed E-state index contributed by atoms with van der Waals surface area (Å²) in [5.41, 5.74) is 2.60. The van der Waals surface area contributed by atoms with Crippen LogP contribution in [0.2, 0.25) is 0 Å². The Kier molecular flexibility index (Phi) is 7.10. The SMILES string of the molecule is COCCNC(=O)OC1(Cc2ccccc2)CCC(c2nc(Br)c3c(C)nccn23)CC1. The molecule has 8 heteroatoms. The highest BCUT2D eigenvalue weighted by Crippen LogP contribution is 2.42. The average molecular weight is 501 g/mol. The quantitative estimate of drug-likeness (QED) is 0.470. The van der Waals surface area contributed by atoms with Crippen molar-refractivity contribution in [2.75, 3.05) is 20.3 Å². The zero-order chi connectivity index (χ0) is 22.6. The monoisotopic (exact) mass is 500 g/mol. The number of imidazole rings is 1. The number of aromatic nitrogens is 3. The fraction of sp³-hybridized carbons (Fsp3) is 0.458. The van der Waals surface area contributed by atoms with Crippen molar-refractivity contribution >= 4 is 27.5 Å². The molecule has 2 aromatic heterocycles. The molecule has 0 saturated heterocycles. The van der Waals surface area contributed by atoms with Gasteiger partial charge in [-0.3, -0.25) is 9.38 Å². The number of carbonyl (C=O) groups is 1. The number of rotatable bonds is 7. The summed E-state index contributed by atoms with van der Waals surface area (Å²) in [5, 5.41) is 2.80. The topological polar surface area (TPSA) is 77.8 Å². The maximum Gasteiger partial charge on any atom is 0.407 e. The summed E-state index contributed by atoms with van der Waals surface area (Å²) in [4.78, 5) is 21.7. The van der Waals surface area contributed by atoms with E-state index < -0.39 is 5.60 Å². The number of nitrogens with zero attached hydrogens (tertiary/aromatic N) is 3. The first-order valence-corrected chi connectivity index (χ1v) is 11.8. The van der Waals surface area contributed by atoms with Gasteiger partial charge < -0.3 is 14.8 Å². The number of benzene rings is 1. The van der Waals surface area contributed by atoms with E-state index in [9.17, 15) is 4.79 Å². The van der Waals surface area contributed by atoms with Crippen molar-refractivity contribution in [3.8, 4) is 0 Å². The Bertz CT molecular complexity index is 1060. The van der Waals surface area contributed by atoms with Crippen LogP contribution in [0.4, 0.5) is 4.79 Å². The van der Waals surface area contributed by atoms with E-state index in [1.54, 1.807) is 7.11 Å². The number of nitrogens with one attached hydrogen (secondary N) is 1. The Labute approximate surface area is 196 Å². The summed E-state index contributed by atoms with van der Waals surface area (Å²) < 4.78 is 14.1. The molecule has 0 atom stereocenters. The standard InChI is InChI=1S/C24H29BrN4O3/c1-17-20-21(25)28-22(29(20)14-12-26-17)19-8-10-24(11-9-19,16-18-6-4-3-5-7-18)32-23(30)27-13-15-31-2/h3-7,12,14,19H,8-11,13,15-16H2,1-2H3,(H,27,30). The molecule has 0 radical (unpaired) electrons. The first-order chi connectivity index (χ1) is 15.5. The van der Waals surface area contributed by atoms with E-state index in [1.807, 2.05) is 37.5 Å². The molecule has 32 heavy (non-hydrogen) atoms. The van der Waals surface area contributed by atoms with Crippen molar-refractivity contribution in [2.45, 2.75) is 50.5 Å². The Morgan fingerprint density at radius 3 is 2.75 bits per heavy atom. The number of hydrogen-bond acceptors (Lipinski definition) is 5. The molecule has 7 nitrogen and oxygen atoms in total. The average Bonchev–Trinajstić information content (AvgIpc) is 3.13. The zero-order valence-corrected chi connectivity index (χ0v) is 20.1. The molecule has 1 aliphatic rings. The number of carbonyl (C=O) groups excluding carboxylic acids is 1. The van der Waals surface area contributed by atoms with Gasteiger partial charge in [-0.15, -0.1) is 0 Å². The first kappa shape index (κ1) is 22.7. The number of ether oxygens (including phenoxy) is 2. The van der Waals surface area contributed by atoms with Crippen LogP contribution in [0.15, 0.2) is 47.3 Å². The number of hydrogen-bond donors (Lipinski definition) is 1. The van der Waals surface area contributed by atoms with Gasteiger partial charge >= 0.3 is 6.09 Å². The molecule has 0 bridgehead atoms. The first-order valence-electron chi connectivity index (χ1n) is 11.0. The summed E-state index contributed by atoms with van der Waals surface area (Å²) >= 11 is 3.60. The van der Waals surface area contributed by atoms with Gasteiger partial charge in [0.2, 0.25) is 0 Å². The van der Waals surface area contributed by atoms with Crippen LogP contribution < -0.4 is 5.32 Å². The van der Waals surface area contributed by atoms with Gasteiger partial charge in [-0.2, -0.15) is 0 Å². The number of aryl methyl sites for hydroxylation is 1. The van der Waals surface area contributed by atoms with Crippen LogP contribution in [0.25, 0.3) is 5.52 Å². The van der Waals surface area contributed by atoms with E-state index in [0.29, 0.717) is 25.5 Å². The van der Waals surface area contributed by atoms with Crippen LogP contribution in [-0.2, 0) is 15.9 Å². The van der Waals surface area contributed by atoms with Crippen molar-refractivity contribution in [2.24, 2.45) is 0 Å². The van der Waals surface area contributed by atoms with Crippen molar-refractivity contribution < 1.29 is 14.3 Å². The second kappa shape index (κ2) is 10.0. The number of amides is 1. The Balaban J connectivity index is 1.53. The van der Waals surface area contributed by atoms with Gasteiger partial charge in [0.1, 0.15) is 21.5 Å². The predicted octanol–water partition coefficient (Wildman–Crippen LogP) is 4.81. The molecule has 1 fully saturated rings. The van der Waals surface area contributed by atoms with Gasteiger partial charge in [0, 0.05) is 38.4 Å². The molecule has 1 saturated carbocycles. The van der Waals surface area contributed by atoms with Crippen molar-refractivity contribution in [1.29, 1.82) is 0 Å². The van der Waals surface area contributed by atoms with Crippen LogP contribution in [0.1, 0.15) is 48.7 Å². The molecular formula is C24H29BrN4O3. The molecule has 4 rings (SSSR count). The Morgan fingerprint density at radius 2 is 2.03 bits per heavy atom. The number of fused-ring (bicyclic) bond motifs is 1. The van der Waals surface area contributed by atoms with Crippen molar-refractivity contribution in [1.82, 2.24) is 19.7 Å². The number of alkyl carbamates (subject to hydrolysis) is 1. The van der Waals surface area contributed by atoms with Crippen LogP contribution in [0.3, 0.4) is 0 Å². The fourth-order valence-corrected chi connectivity index (χ4v) is 5.29. The second-order valence-electron chi connectivity index (χ2n) is 8.42. The molecule has 1 aromatic carbocycles. The van der Waals surface area contributed by atoms with Crippen LogP contribution in [0.5, 0.6) is 0 Å². The minimum atomic E-state index is -0.531. The van der Waals surface area contributed by atoms with Crippen LogP contribution >= 0.6 is 15.9 Å². The summed E-state index contributed by atoms with van der Waals surface area (Å²) in [5.74, 6) is 1.33. The van der Waals surface area contributed by atoms with Gasteiger partial charge in [0.25, 0.3) is 0 Å². The molecule has 3 aromatic rings. The Hall–Kier alpha value is -2.45. The minimum absolute atomic E-state index is 0.291. The number of halogens is 1. The predicted molar refractivity (Wildman–Crippen MR) is 126 cm³/mol. The van der Waals surface area contributed by atoms with Gasteiger partial charge in [0.15, 0.2) is 0 Å². The summed E-state index contributed by atoms with van der Waals surface area (Å²) in [6.07, 6.45) is 7.45. The maximum atomic E-state index is 12.5. The lowest BCUT2D eigenvalue weighted by molar-refractivity contribution is -0.0211. The van der Waals surface area contributed by atoms with E-state index in [4.69, 9.17) is 14.5 Å². The molecule has 1 aliphatic carbocycles. The zero-order valence-electron chi connectivity index (χ0n) is 18.5.